The Morgan fingerprint density at radius 2 is 1.97 bits per heavy atom. The second-order valence-electron chi connectivity index (χ2n) is 8.03. The molecular weight excluding hydrogens is 431 g/mol. The van der Waals surface area contributed by atoms with Crippen molar-refractivity contribution in [2.24, 2.45) is 0 Å². The van der Waals surface area contributed by atoms with Crippen LogP contribution in [-0.2, 0) is 9.53 Å². The molecule has 2 aliphatic rings. The monoisotopic (exact) mass is 454 g/mol. The van der Waals surface area contributed by atoms with Crippen LogP contribution in [0, 0.1) is 17.1 Å². The van der Waals surface area contributed by atoms with Crippen LogP contribution in [0.1, 0.15) is 36.2 Å². The number of aromatic carboxylic acids is 1. The lowest BCUT2D eigenvalue weighted by atomic mass is 10.1. The largest absolute Gasteiger partial charge is 0.477 e. The fraction of sp³-hybridized carbons (Fsp3) is 0.391. The first kappa shape index (κ1) is 22.3. The van der Waals surface area contributed by atoms with Gasteiger partial charge in [-0.2, -0.15) is 5.26 Å². The summed E-state index contributed by atoms with van der Waals surface area (Å²) >= 11 is 0. The Morgan fingerprint density at radius 3 is 2.55 bits per heavy atom. The molecule has 172 valence electrons. The van der Waals surface area contributed by atoms with Gasteiger partial charge in [-0.15, -0.1) is 0 Å². The van der Waals surface area contributed by atoms with Gasteiger partial charge in [0.2, 0.25) is 5.43 Å². The van der Waals surface area contributed by atoms with Crippen molar-refractivity contribution in [2.75, 3.05) is 37.7 Å². The number of piperazine rings is 1. The Balaban J connectivity index is 1.62. The van der Waals surface area contributed by atoms with Crippen LogP contribution in [0.15, 0.2) is 34.9 Å². The van der Waals surface area contributed by atoms with E-state index in [9.17, 15) is 24.8 Å². The van der Waals surface area contributed by atoms with Gasteiger partial charge >= 0.3 is 11.9 Å². The highest BCUT2D eigenvalue weighted by molar-refractivity contribution is 5.94. The van der Waals surface area contributed by atoms with Crippen molar-refractivity contribution in [1.82, 2.24) is 9.47 Å². The molecule has 0 unspecified atom stereocenters. The summed E-state index contributed by atoms with van der Waals surface area (Å²) in [6, 6.07) is 4.68. The Kier molecular flexibility index (Phi) is 6.05. The van der Waals surface area contributed by atoms with Gasteiger partial charge in [0.05, 0.1) is 17.8 Å². The van der Waals surface area contributed by atoms with Crippen molar-refractivity contribution < 1.29 is 23.8 Å². The molecular formula is C23H23FN4O5. The van der Waals surface area contributed by atoms with Gasteiger partial charge < -0.3 is 24.2 Å². The molecule has 1 saturated heterocycles. The van der Waals surface area contributed by atoms with E-state index < -0.39 is 23.2 Å². The third-order valence-electron chi connectivity index (χ3n) is 5.85. The summed E-state index contributed by atoms with van der Waals surface area (Å²) in [5.74, 6) is -2.61. The fourth-order valence-corrected chi connectivity index (χ4v) is 4.02. The normalized spacial score (nSPS) is 16.6. The molecule has 1 aliphatic heterocycles. The number of carbonyl (C=O) groups is 2. The number of anilines is 1. The number of ether oxygens (including phenoxy) is 1. The first-order valence-corrected chi connectivity index (χ1v) is 10.7. The molecule has 2 aromatic rings. The fourth-order valence-electron chi connectivity index (χ4n) is 4.02. The standard InChI is InChI=1S/C23H23FN4O5/c1-2-33-23(32)14(11-25)12-26-5-7-27(8-6-26)20-10-19-16(9-18(20)24)21(29)17(22(30)31)13-28(19)15-3-4-15/h9-10,12-13,15H,2-8H2,1H3,(H,30,31). The molecule has 0 atom stereocenters. The summed E-state index contributed by atoms with van der Waals surface area (Å²) < 4.78 is 21.7. The highest BCUT2D eigenvalue weighted by Gasteiger charge is 2.28. The van der Waals surface area contributed by atoms with E-state index in [0.29, 0.717) is 37.4 Å². The lowest BCUT2D eigenvalue weighted by Gasteiger charge is -2.36. The molecule has 10 heteroatoms. The molecule has 0 amide bonds. The molecule has 1 aromatic heterocycles. The van der Waals surface area contributed by atoms with Crippen LogP contribution in [0.3, 0.4) is 0 Å². The zero-order chi connectivity index (χ0) is 23.7. The first-order valence-electron chi connectivity index (χ1n) is 10.7. The van der Waals surface area contributed by atoms with Gasteiger partial charge in [-0.1, -0.05) is 0 Å². The number of aromatic nitrogens is 1. The molecule has 33 heavy (non-hydrogen) atoms. The summed E-state index contributed by atoms with van der Waals surface area (Å²) in [5, 5.41) is 18.6. The maximum atomic E-state index is 15.1. The maximum absolute atomic E-state index is 15.1. The summed E-state index contributed by atoms with van der Waals surface area (Å²) in [5.41, 5.74) is -0.311. The van der Waals surface area contributed by atoms with Crippen molar-refractivity contribution in [3.8, 4) is 6.07 Å². The number of carbonyl (C=O) groups excluding carboxylic acids is 1. The topological polar surface area (TPSA) is 116 Å². The van der Waals surface area contributed by atoms with E-state index in [-0.39, 0.29) is 29.2 Å². The molecule has 1 aromatic carbocycles. The SMILES string of the molecule is CCOC(=O)C(C#N)=CN1CCN(c2cc3c(cc2F)c(=O)c(C(=O)O)cn3C2CC2)CC1. The van der Waals surface area contributed by atoms with E-state index in [2.05, 4.69) is 0 Å². The summed E-state index contributed by atoms with van der Waals surface area (Å²) in [6.45, 7) is 3.61. The van der Waals surface area contributed by atoms with E-state index in [1.165, 1.54) is 12.4 Å². The van der Waals surface area contributed by atoms with Gasteiger partial charge in [-0.05, 0) is 31.9 Å². The van der Waals surface area contributed by atoms with Gasteiger partial charge in [-0.3, -0.25) is 4.79 Å². The average molecular weight is 454 g/mol. The minimum absolute atomic E-state index is 0.0534. The maximum Gasteiger partial charge on any atom is 0.350 e. The van der Waals surface area contributed by atoms with Crippen LogP contribution < -0.4 is 10.3 Å². The molecule has 0 spiro atoms. The van der Waals surface area contributed by atoms with Crippen LogP contribution in [-0.4, -0.2) is 59.3 Å². The van der Waals surface area contributed by atoms with Gasteiger partial charge in [0.25, 0.3) is 0 Å². The van der Waals surface area contributed by atoms with E-state index >= 15 is 4.39 Å². The van der Waals surface area contributed by atoms with E-state index in [1.807, 2.05) is 15.9 Å². The minimum Gasteiger partial charge on any atom is -0.477 e. The van der Waals surface area contributed by atoms with Crippen molar-refractivity contribution in [2.45, 2.75) is 25.8 Å². The van der Waals surface area contributed by atoms with Crippen molar-refractivity contribution >= 4 is 28.5 Å². The van der Waals surface area contributed by atoms with E-state index in [4.69, 9.17) is 4.74 Å². The summed E-state index contributed by atoms with van der Waals surface area (Å²) in [4.78, 5) is 39.6. The Morgan fingerprint density at radius 1 is 1.27 bits per heavy atom. The number of pyridine rings is 1. The Hall–Kier alpha value is -3.87. The second kappa shape index (κ2) is 8.94. The molecule has 1 aliphatic carbocycles. The molecule has 0 bridgehead atoms. The average Bonchev–Trinajstić information content (AvgIpc) is 3.63. The number of carboxylic acids is 1. The minimum atomic E-state index is -1.33. The highest BCUT2D eigenvalue weighted by atomic mass is 19.1. The van der Waals surface area contributed by atoms with E-state index in [1.54, 1.807) is 17.6 Å². The number of carboxylic acid groups (broad SMARTS) is 1. The second-order valence-corrected chi connectivity index (χ2v) is 8.03. The molecule has 0 radical (unpaired) electrons. The van der Waals surface area contributed by atoms with Crippen LogP contribution in [0.2, 0.25) is 0 Å². The molecule has 1 N–H and O–H groups in total. The predicted octanol–water partition coefficient (Wildman–Crippen LogP) is 2.27. The number of esters is 1. The van der Waals surface area contributed by atoms with Gasteiger partial charge in [0, 0.05) is 50.0 Å². The lowest BCUT2D eigenvalue weighted by molar-refractivity contribution is -0.138. The smallest absolute Gasteiger partial charge is 0.350 e. The van der Waals surface area contributed by atoms with E-state index in [0.717, 1.165) is 18.9 Å². The van der Waals surface area contributed by atoms with Crippen molar-refractivity contribution in [1.29, 1.82) is 5.26 Å². The zero-order valence-corrected chi connectivity index (χ0v) is 18.1. The van der Waals surface area contributed by atoms with Crippen LogP contribution in [0.4, 0.5) is 10.1 Å². The lowest BCUT2D eigenvalue weighted by Crippen LogP contribution is -2.44. The summed E-state index contributed by atoms with van der Waals surface area (Å²) in [6.07, 6.45) is 4.56. The zero-order valence-electron chi connectivity index (χ0n) is 18.1. The molecule has 1 saturated carbocycles. The number of hydrogen-bond donors (Lipinski definition) is 1. The predicted molar refractivity (Wildman–Crippen MR) is 118 cm³/mol. The summed E-state index contributed by atoms with van der Waals surface area (Å²) in [7, 11) is 0. The Bertz CT molecular complexity index is 1250. The molecule has 2 heterocycles. The van der Waals surface area contributed by atoms with Crippen molar-refractivity contribution in [3.05, 3.63) is 51.7 Å². The number of benzene rings is 1. The Labute approximate surface area is 188 Å². The van der Waals surface area contributed by atoms with Gasteiger partial charge in [-0.25, -0.2) is 14.0 Å². The molecule has 4 rings (SSSR count). The third kappa shape index (κ3) is 4.39. The van der Waals surface area contributed by atoms with Crippen LogP contribution in [0.5, 0.6) is 0 Å². The highest BCUT2D eigenvalue weighted by Crippen LogP contribution is 2.38. The number of nitriles is 1. The number of fused-ring (bicyclic) bond motifs is 1. The third-order valence-corrected chi connectivity index (χ3v) is 5.85. The first-order chi connectivity index (χ1) is 15.8. The molecule has 9 nitrogen and oxygen atoms in total. The van der Waals surface area contributed by atoms with Crippen LogP contribution >= 0.6 is 0 Å². The van der Waals surface area contributed by atoms with Crippen molar-refractivity contribution in [3.63, 3.8) is 0 Å². The van der Waals surface area contributed by atoms with Gasteiger partial charge in [0.15, 0.2) is 5.57 Å². The number of nitrogens with zero attached hydrogens (tertiary/aromatic N) is 4. The molecule has 2 fully saturated rings. The quantitative estimate of drug-likeness (QED) is 0.402. The number of halogens is 1. The number of hydrogen-bond acceptors (Lipinski definition) is 7. The van der Waals surface area contributed by atoms with Crippen LogP contribution in [0.25, 0.3) is 10.9 Å². The number of rotatable bonds is 6. The van der Waals surface area contributed by atoms with Gasteiger partial charge in [0.1, 0.15) is 17.4 Å².